The summed E-state index contributed by atoms with van der Waals surface area (Å²) in [7, 11) is 0. The van der Waals surface area contributed by atoms with Crippen LogP contribution in [-0.4, -0.2) is 16.7 Å². The van der Waals surface area contributed by atoms with Crippen molar-refractivity contribution in [2.24, 2.45) is 5.16 Å². The van der Waals surface area contributed by atoms with Crippen LogP contribution in [0.15, 0.2) is 29.4 Å². The molecule has 0 aliphatic heterocycles. The maximum absolute atomic E-state index is 10.4. The minimum atomic E-state index is -0.438. The Morgan fingerprint density at radius 3 is 2.31 bits per heavy atom. The topological polar surface area (TPSA) is 64.7 Å². The second-order valence-corrected chi connectivity index (χ2v) is 4.29. The van der Waals surface area contributed by atoms with Crippen LogP contribution in [0, 0.1) is 10.1 Å². The normalized spacial score (nSPS) is 11.7. The predicted molar refractivity (Wildman–Crippen MR) is 61.5 cm³/mol. The SMILES string of the molecule is CC(C)(C)O/N=C\c1ccc([N+](=O)[O-])cc1. The molecule has 0 amide bonds. The second-order valence-electron chi connectivity index (χ2n) is 4.29. The van der Waals surface area contributed by atoms with Crippen molar-refractivity contribution in [3.05, 3.63) is 39.9 Å². The molecule has 1 aromatic carbocycles. The van der Waals surface area contributed by atoms with E-state index in [-0.39, 0.29) is 11.3 Å². The molecule has 0 aliphatic rings. The lowest BCUT2D eigenvalue weighted by molar-refractivity contribution is -0.384. The molecule has 0 unspecified atom stereocenters. The number of hydrogen-bond donors (Lipinski definition) is 0. The summed E-state index contributed by atoms with van der Waals surface area (Å²) in [5.74, 6) is 0. The maximum atomic E-state index is 10.4. The smallest absolute Gasteiger partial charge is 0.269 e. The third kappa shape index (κ3) is 4.08. The second kappa shape index (κ2) is 4.74. The number of nitro benzene ring substituents is 1. The summed E-state index contributed by atoms with van der Waals surface area (Å²) in [6, 6.07) is 6.10. The van der Waals surface area contributed by atoms with E-state index in [4.69, 9.17) is 4.84 Å². The molecule has 0 fully saturated rings. The summed E-state index contributed by atoms with van der Waals surface area (Å²) in [6.45, 7) is 5.67. The van der Waals surface area contributed by atoms with Crippen LogP contribution in [0.2, 0.25) is 0 Å². The third-order valence-electron chi connectivity index (χ3n) is 1.63. The fraction of sp³-hybridized carbons (Fsp3) is 0.364. The molecule has 5 heteroatoms. The number of nitro groups is 1. The van der Waals surface area contributed by atoms with Gasteiger partial charge in [0.1, 0.15) is 5.60 Å². The highest BCUT2D eigenvalue weighted by atomic mass is 16.6. The molecule has 16 heavy (non-hydrogen) atoms. The molecular formula is C11H14N2O3. The van der Waals surface area contributed by atoms with Gasteiger partial charge in [-0.25, -0.2) is 0 Å². The van der Waals surface area contributed by atoms with Crippen LogP contribution in [0.3, 0.4) is 0 Å². The van der Waals surface area contributed by atoms with Crippen LogP contribution in [-0.2, 0) is 4.84 Å². The van der Waals surface area contributed by atoms with Crippen molar-refractivity contribution in [3.63, 3.8) is 0 Å². The number of rotatable bonds is 3. The van der Waals surface area contributed by atoms with E-state index in [0.29, 0.717) is 0 Å². The third-order valence-corrected chi connectivity index (χ3v) is 1.63. The van der Waals surface area contributed by atoms with E-state index < -0.39 is 4.92 Å². The average Bonchev–Trinajstić information content (AvgIpc) is 2.16. The van der Waals surface area contributed by atoms with E-state index in [1.807, 2.05) is 20.8 Å². The van der Waals surface area contributed by atoms with Crippen LogP contribution in [0.5, 0.6) is 0 Å². The zero-order valence-electron chi connectivity index (χ0n) is 9.51. The molecule has 0 aliphatic carbocycles. The zero-order valence-corrected chi connectivity index (χ0v) is 9.51. The van der Waals surface area contributed by atoms with E-state index in [1.165, 1.54) is 18.3 Å². The Hall–Kier alpha value is -1.91. The lowest BCUT2D eigenvalue weighted by Crippen LogP contribution is -2.15. The van der Waals surface area contributed by atoms with Crippen LogP contribution >= 0.6 is 0 Å². The number of non-ortho nitro benzene ring substituents is 1. The van der Waals surface area contributed by atoms with Crippen molar-refractivity contribution in [1.29, 1.82) is 0 Å². The standard InChI is InChI=1S/C11H14N2O3/c1-11(2,3)16-12-8-9-4-6-10(7-5-9)13(14)15/h4-8H,1-3H3/b12-8-. The van der Waals surface area contributed by atoms with Crippen molar-refractivity contribution in [1.82, 2.24) is 0 Å². The Balaban J connectivity index is 2.65. The summed E-state index contributed by atoms with van der Waals surface area (Å²) < 4.78 is 0. The van der Waals surface area contributed by atoms with Crippen LogP contribution in [0.1, 0.15) is 26.3 Å². The first-order chi connectivity index (χ1) is 7.38. The van der Waals surface area contributed by atoms with E-state index in [0.717, 1.165) is 5.56 Å². The van der Waals surface area contributed by atoms with Gasteiger partial charge in [0, 0.05) is 12.1 Å². The van der Waals surface area contributed by atoms with Gasteiger partial charge in [-0.05, 0) is 38.5 Å². The van der Waals surface area contributed by atoms with Gasteiger partial charge in [-0.2, -0.15) is 0 Å². The summed E-state index contributed by atoms with van der Waals surface area (Å²) in [5, 5.41) is 14.2. The summed E-state index contributed by atoms with van der Waals surface area (Å²) in [4.78, 5) is 15.1. The highest BCUT2D eigenvalue weighted by Gasteiger charge is 2.09. The number of benzene rings is 1. The molecule has 0 saturated carbocycles. The van der Waals surface area contributed by atoms with Crippen molar-refractivity contribution in [3.8, 4) is 0 Å². The molecule has 0 atom stereocenters. The Morgan fingerprint density at radius 1 is 1.31 bits per heavy atom. The van der Waals surface area contributed by atoms with E-state index in [2.05, 4.69) is 5.16 Å². The first-order valence-corrected chi connectivity index (χ1v) is 4.84. The monoisotopic (exact) mass is 222 g/mol. The van der Waals surface area contributed by atoms with Crippen LogP contribution in [0.25, 0.3) is 0 Å². The molecule has 1 aromatic rings. The quantitative estimate of drug-likeness (QED) is 0.448. The fourth-order valence-electron chi connectivity index (χ4n) is 0.927. The lowest BCUT2D eigenvalue weighted by Gasteiger charge is -2.14. The Bertz CT molecular complexity index is 391. The predicted octanol–water partition coefficient (Wildman–Crippen LogP) is 2.74. The van der Waals surface area contributed by atoms with Crippen molar-refractivity contribution < 1.29 is 9.76 Å². The van der Waals surface area contributed by atoms with Gasteiger partial charge in [0.05, 0.1) is 11.1 Å². The fourth-order valence-corrected chi connectivity index (χ4v) is 0.927. The zero-order chi connectivity index (χ0) is 12.2. The van der Waals surface area contributed by atoms with E-state index in [9.17, 15) is 10.1 Å². The first-order valence-electron chi connectivity index (χ1n) is 4.84. The number of hydrogen-bond acceptors (Lipinski definition) is 4. The van der Waals surface area contributed by atoms with Gasteiger partial charge in [-0.15, -0.1) is 0 Å². The molecule has 0 bridgehead atoms. The first kappa shape index (κ1) is 12.2. The lowest BCUT2D eigenvalue weighted by atomic mass is 10.2. The number of oxime groups is 1. The van der Waals surface area contributed by atoms with Gasteiger partial charge in [-0.3, -0.25) is 10.1 Å². The van der Waals surface area contributed by atoms with Crippen molar-refractivity contribution in [2.75, 3.05) is 0 Å². The minimum absolute atomic E-state index is 0.0638. The van der Waals surface area contributed by atoms with Crippen molar-refractivity contribution >= 4 is 11.9 Å². The van der Waals surface area contributed by atoms with E-state index >= 15 is 0 Å². The summed E-state index contributed by atoms with van der Waals surface area (Å²) in [6.07, 6.45) is 1.52. The Morgan fingerprint density at radius 2 is 1.88 bits per heavy atom. The molecule has 86 valence electrons. The molecular weight excluding hydrogens is 208 g/mol. The van der Waals surface area contributed by atoms with Gasteiger partial charge < -0.3 is 4.84 Å². The molecule has 0 aromatic heterocycles. The molecule has 0 spiro atoms. The molecule has 0 radical (unpaired) electrons. The highest BCUT2D eigenvalue weighted by molar-refractivity contribution is 5.79. The average molecular weight is 222 g/mol. The van der Waals surface area contributed by atoms with Gasteiger partial charge in [-0.1, -0.05) is 5.16 Å². The van der Waals surface area contributed by atoms with Gasteiger partial charge in [0.25, 0.3) is 5.69 Å². The van der Waals surface area contributed by atoms with Crippen LogP contribution in [0.4, 0.5) is 5.69 Å². The number of nitrogens with zero attached hydrogens (tertiary/aromatic N) is 2. The Labute approximate surface area is 93.9 Å². The van der Waals surface area contributed by atoms with Crippen LogP contribution < -0.4 is 0 Å². The molecule has 0 N–H and O–H groups in total. The molecule has 5 nitrogen and oxygen atoms in total. The molecule has 1 rings (SSSR count). The summed E-state index contributed by atoms with van der Waals surface area (Å²) in [5.41, 5.74) is 0.487. The molecule has 0 saturated heterocycles. The summed E-state index contributed by atoms with van der Waals surface area (Å²) >= 11 is 0. The Kier molecular flexibility index (Phi) is 3.60. The largest absolute Gasteiger partial charge is 0.390 e. The molecule has 0 heterocycles. The van der Waals surface area contributed by atoms with Gasteiger partial charge in [0.2, 0.25) is 0 Å². The maximum Gasteiger partial charge on any atom is 0.269 e. The minimum Gasteiger partial charge on any atom is -0.390 e. The van der Waals surface area contributed by atoms with Gasteiger partial charge >= 0.3 is 0 Å². The highest BCUT2D eigenvalue weighted by Crippen LogP contribution is 2.11. The van der Waals surface area contributed by atoms with Gasteiger partial charge in [0.15, 0.2) is 0 Å². The van der Waals surface area contributed by atoms with E-state index in [1.54, 1.807) is 12.1 Å². The van der Waals surface area contributed by atoms with Crippen molar-refractivity contribution in [2.45, 2.75) is 26.4 Å².